The molecular weight excluding hydrogens is 545 g/mol. The van der Waals surface area contributed by atoms with E-state index in [0.717, 1.165) is 59.2 Å². The quantitative estimate of drug-likeness (QED) is 0.402. The van der Waals surface area contributed by atoms with Crippen LogP contribution in [0, 0.1) is 0 Å². The smallest absolute Gasteiger partial charge is 0.365 e. The van der Waals surface area contributed by atoms with E-state index in [1.165, 1.54) is 19.3 Å². The molecule has 1 atom stereocenters. The van der Waals surface area contributed by atoms with Crippen LogP contribution in [-0.2, 0) is 19.0 Å². The first-order chi connectivity index (χ1) is 19.2. The number of halogens is 4. The average molecular weight is 573 g/mol. The van der Waals surface area contributed by atoms with Crippen LogP contribution in [0.1, 0.15) is 81.6 Å². The minimum absolute atomic E-state index is 0.00472. The molecule has 1 unspecified atom stereocenters. The van der Waals surface area contributed by atoms with Gasteiger partial charge in [-0.15, -0.1) is 0 Å². The molecule has 8 nitrogen and oxygen atoms in total. The number of anilines is 1. The third-order valence-corrected chi connectivity index (χ3v) is 7.45. The van der Waals surface area contributed by atoms with Crippen LogP contribution in [0.2, 0.25) is 0 Å². The summed E-state index contributed by atoms with van der Waals surface area (Å²) in [6.45, 7) is 0. The molecule has 0 saturated carbocycles. The molecule has 0 spiro atoms. The number of nitrogens with one attached hydrogen (secondary N) is 3. The first-order valence-corrected chi connectivity index (χ1v) is 13.5. The van der Waals surface area contributed by atoms with Crippen LogP contribution >= 0.6 is 11.6 Å². The van der Waals surface area contributed by atoms with E-state index in [0.29, 0.717) is 18.9 Å². The molecule has 1 aliphatic heterocycles. The lowest BCUT2D eigenvalue weighted by Crippen LogP contribution is -2.31. The first kappa shape index (κ1) is 27.7. The van der Waals surface area contributed by atoms with Gasteiger partial charge in [-0.25, -0.2) is 9.67 Å². The van der Waals surface area contributed by atoms with Crippen molar-refractivity contribution in [3.63, 3.8) is 0 Å². The van der Waals surface area contributed by atoms with E-state index in [2.05, 4.69) is 21.0 Å². The van der Waals surface area contributed by atoms with Crippen molar-refractivity contribution in [2.45, 2.75) is 57.3 Å². The van der Waals surface area contributed by atoms with Crippen molar-refractivity contribution < 1.29 is 22.8 Å². The molecule has 210 valence electrons. The number of carbonyl (C=O) groups is 2. The highest BCUT2D eigenvalue weighted by Crippen LogP contribution is 2.37. The van der Waals surface area contributed by atoms with Gasteiger partial charge < -0.3 is 16.0 Å². The van der Waals surface area contributed by atoms with Gasteiger partial charge in [-0.1, -0.05) is 36.2 Å². The van der Waals surface area contributed by atoms with Crippen molar-refractivity contribution >= 4 is 34.8 Å². The highest BCUT2D eigenvalue weighted by atomic mass is 35.5. The highest BCUT2D eigenvalue weighted by Gasteiger charge is 2.38. The molecule has 2 aromatic heterocycles. The number of aryl methyl sites for hydroxylation is 1. The van der Waals surface area contributed by atoms with E-state index in [-0.39, 0.29) is 16.4 Å². The summed E-state index contributed by atoms with van der Waals surface area (Å²) in [5, 5.41) is 11.9. The van der Waals surface area contributed by atoms with Gasteiger partial charge in [0.2, 0.25) is 0 Å². The van der Waals surface area contributed by atoms with E-state index in [9.17, 15) is 22.8 Å². The Morgan fingerprint density at radius 1 is 1.10 bits per heavy atom. The van der Waals surface area contributed by atoms with Gasteiger partial charge >= 0.3 is 6.18 Å². The third-order valence-electron chi connectivity index (χ3n) is 7.12. The number of dihydropyridines is 1. The Labute approximate surface area is 234 Å². The summed E-state index contributed by atoms with van der Waals surface area (Å²) in [6, 6.07) is 0.665. The van der Waals surface area contributed by atoms with Crippen molar-refractivity contribution in [1.82, 2.24) is 25.4 Å². The molecule has 0 radical (unpaired) electrons. The summed E-state index contributed by atoms with van der Waals surface area (Å²) in [6.07, 6.45) is 10.4. The number of hydrogen-bond donors (Lipinski definition) is 3. The Bertz CT molecular complexity index is 1470. The number of pyridine rings is 1. The van der Waals surface area contributed by atoms with Crippen LogP contribution < -0.4 is 16.0 Å². The van der Waals surface area contributed by atoms with Crippen LogP contribution in [0.4, 0.5) is 19.0 Å². The summed E-state index contributed by atoms with van der Waals surface area (Å²) in [5.74, 6) is -1.36. The zero-order valence-electron chi connectivity index (χ0n) is 21.7. The van der Waals surface area contributed by atoms with E-state index < -0.39 is 35.5 Å². The molecule has 5 rings (SSSR count). The molecule has 0 bridgehead atoms. The van der Waals surface area contributed by atoms with Crippen molar-refractivity contribution in [2.75, 3.05) is 12.4 Å². The topological polar surface area (TPSA) is 101 Å². The average Bonchev–Trinajstić information content (AvgIpc) is 3.27. The minimum Gasteiger partial charge on any atom is -0.365 e. The van der Waals surface area contributed by atoms with Gasteiger partial charge in [0.1, 0.15) is 11.5 Å². The van der Waals surface area contributed by atoms with E-state index in [4.69, 9.17) is 16.6 Å². The standard InChI is InChI=1S/C28H28ClF3N6O2/c1-33-27(40)23-22(16-9-4-2-5-10-16)17-11-6-3-7-13-19(17)35-24(23)36-26(39)20-15-21(28(30,31)32)37-38(20)25-18(29)12-8-14-34-25/h2,4,8-9,12,14-15,25,34H,3,5-7,10-11,13H2,1H3,(H,33,40)(H,35,36,39). The van der Waals surface area contributed by atoms with Gasteiger partial charge in [-0.05, 0) is 73.6 Å². The van der Waals surface area contributed by atoms with Crippen LogP contribution in [0.25, 0.3) is 5.57 Å². The molecule has 0 saturated heterocycles. The number of nitrogens with zero attached hydrogens (tertiary/aromatic N) is 3. The second kappa shape index (κ2) is 11.3. The predicted molar refractivity (Wildman–Crippen MR) is 146 cm³/mol. The molecule has 2 aliphatic carbocycles. The van der Waals surface area contributed by atoms with Gasteiger partial charge in [0, 0.05) is 18.8 Å². The number of carbonyl (C=O) groups excluding carboxylic acids is 2. The second-order valence-electron chi connectivity index (χ2n) is 9.73. The van der Waals surface area contributed by atoms with Gasteiger partial charge in [-0.3, -0.25) is 9.59 Å². The largest absolute Gasteiger partial charge is 0.435 e. The normalized spacial score (nSPS) is 18.7. The zero-order chi connectivity index (χ0) is 28.4. The van der Waals surface area contributed by atoms with Crippen molar-refractivity contribution in [1.29, 1.82) is 0 Å². The molecule has 2 amide bonds. The Kier molecular flexibility index (Phi) is 7.84. The van der Waals surface area contributed by atoms with E-state index >= 15 is 0 Å². The summed E-state index contributed by atoms with van der Waals surface area (Å²) in [5.41, 5.74) is 2.00. The highest BCUT2D eigenvalue weighted by molar-refractivity contribution is 6.30. The molecule has 0 fully saturated rings. The van der Waals surface area contributed by atoms with E-state index in [1.54, 1.807) is 6.08 Å². The van der Waals surface area contributed by atoms with Crippen molar-refractivity contribution in [2.24, 2.45) is 0 Å². The Morgan fingerprint density at radius 3 is 2.60 bits per heavy atom. The van der Waals surface area contributed by atoms with Crippen molar-refractivity contribution in [3.05, 3.63) is 81.5 Å². The maximum Gasteiger partial charge on any atom is 0.435 e. The predicted octanol–water partition coefficient (Wildman–Crippen LogP) is 5.65. The van der Waals surface area contributed by atoms with Crippen LogP contribution in [-0.4, -0.2) is 33.6 Å². The lowest BCUT2D eigenvalue weighted by atomic mass is 9.87. The molecule has 12 heteroatoms. The monoisotopic (exact) mass is 572 g/mol. The van der Waals surface area contributed by atoms with Gasteiger partial charge in [0.15, 0.2) is 11.9 Å². The van der Waals surface area contributed by atoms with Gasteiger partial charge in [0.25, 0.3) is 11.8 Å². The number of amides is 2. The number of rotatable bonds is 5. The lowest BCUT2D eigenvalue weighted by molar-refractivity contribution is -0.141. The maximum absolute atomic E-state index is 13.7. The fourth-order valence-corrected chi connectivity index (χ4v) is 5.46. The van der Waals surface area contributed by atoms with Crippen LogP contribution in [0.5, 0.6) is 0 Å². The third kappa shape index (κ3) is 5.42. The number of alkyl halides is 3. The zero-order valence-corrected chi connectivity index (χ0v) is 22.5. The van der Waals surface area contributed by atoms with E-state index in [1.807, 2.05) is 18.2 Å². The molecule has 3 heterocycles. The van der Waals surface area contributed by atoms with Crippen LogP contribution in [0.3, 0.4) is 0 Å². The minimum atomic E-state index is -4.80. The molecule has 3 aliphatic rings. The number of fused-ring (bicyclic) bond motifs is 1. The number of hydrogen-bond acceptors (Lipinski definition) is 5. The lowest BCUT2D eigenvalue weighted by Gasteiger charge is -2.24. The summed E-state index contributed by atoms with van der Waals surface area (Å²) >= 11 is 6.26. The van der Waals surface area contributed by atoms with Crippen LogP contribution in [0.15, 0.2) is 47.7 Å². The number of aromatic nitrogens is 3. The Hall–Kier alpha value is -3.86. The summed E-state index contributed by atoms with van der Waals surface area (Å²) in [7, 11) is 1.49. The molecule has 40 heavy (non-hydrogen) atoms. The summed E-state index contributed by atoms with van der Waals surface area (Å²) < 4.78 is 41.9. The number of allylic oxidation sites excluding steroid dienone is 6. The maximum atomic E-state index is 13.7. The Balaban J connectivity index is 1.64. The second-order valence-corrected chi connectivity index (χ2v) is 10.2. The fourth-order valence-electron chi connectivity index (χ4n) is 5.24. The van der Waals surface area contributed by atoms with Gasteiger partial charge in [0.05, 0.1) is 10.6 Å². The molecule has 3 N–H and O–H groups in total. The van der Waals surface area contributed by atoms with Crippen molar-refractivity contribution in [3.8, 4) is 0 Å². The first-order valence-electron chi connectivity index (χ1n) is 13.1. The SMILES string of the molecule is CNC(=O)c1c(NC(=O)c2cc(C(F)(F)F)nn2C2NC=CC=C2Cl)nc2c(c1C1=CC=CCC1)CCCCC2. The Morgan fingerprint density at radius 2 is 1.90 bits per heavy atom. The molecular formula is C28H28ClF3N6O2. The summed E-state index contributed by atoms with van der Waals surface area (Å²) in [4.78, 5) is 31.7. The molecule has 0 aromatic carbocycles. The fraction of sp³-hybridized carbons (Fsp3) is 0.357. The molecule has 2 aromatic rings. The van der Waals surface area contributed by atoms with Gasteiger partial charge in [-0.2, -0.15) is 18.3 Å².